The Balaban J connectivity index is 0.00000240. The van der Waals surface area contributed by atoms with Crippen molar-refractivity contribution in [3.8, 4) is 0 Å². The highest BCUT2D eigenvalue weighted by Crippen LogP contribution is 2.32. The summed E-state index contributed by atoms with van der Waals surface area (Å²) in [5, 5.41) is 2.82. The first-order valence-corrected chi connectivity index (χ1v) is 9.40. The number of carbonyl (C=O) groups excluding carboxylic acids is 1. The maximum Gasteiger partial charge on any atom is 0.416 e. The van der Waals surface area contributed by atoms with Gasteiger partial charge >= 0.3 is 6.18 Å². The number of rotatable bonds is 3. The normalized spacial score (nSPS) is 14.0. The van der Waals surface area contributed by atoms with Crippen LogP contribution in [0.5, 0.6) is 0 Å². The molecule has 0 aliphatic carbocycles. The minimum absolute atomic E-state index is 0. The van der Waals surface area contributed by atoms with Gasteiger partial charge in [-0.3, -0.25) is 4.79 Å². The number of benzene rings is 2. The molecule has 0 saturated carbocycles. The summed E-state index contributed by atoms with van der Waals surface area (Å²) in [4.78, 5) is 12.6. The fourth-order valence-corrected chi connectivity index (χ4v) is 3.86. The molecule has 29 heavy (non-hydrogen) atoms. The number of alkyl halides is 3. The van der Waals surface area contributed by atoms with Crippen molar-refractivity contribution in [3.63, 3.8) is 0 Å². The zero-order valence-corrected chi connectivity index (χ0v) is 16.4. The van der Waals surface area contributed by atoms with E-state index in [0.29, 0.717) is 11.2 Å². The molecule has 2 aromatic carbocycles. The van der Waals surface area contributed by atoms with E-state index in [4.69, 9.17) is 0 Å². The van der Waals surface area contributed by atoms with E-state index in [1.165, 1.54) is 6.07 Å². The molecule has 154 valence electrons. The summed E-state index contributed by atoms with van der Waals surface area (Å²) >= 11 is 0. The molecule has 1 aliphatic heterocycles. The van der Waals surface area contributed by atoms with E-state index < -0.39 is 11.7 Å². The Morgan fingerprint density at radius 1 is 1.07 bits per heavy atom. The molecule has 0 atom stereocenters. The summed E-state index contributed by atoms with van der Waals surface area (Å²) in [5.74, 6) is 0.656. The lowest BCUT2D eigenvalue weighted by atomic mass is 10.2. The predicted octanol–water partition coefficient (Wildman–Crippen LogP) is 1.32. The SMILES string of the molecule is O=C(Cn1c2[n+](c3ccc(C(F)(F)F)cc31)CCCCC2)Nc1ccccc1.[Cl-]. The highest BCUT2D eigenvalue weighted by atomic mass is 35.5. The number of nitrogens with zero attached hydrogens (tertiary/aromatic N) is 2. The lowest BCUT2D eigenvalue weighted by molar-refractivity contribution is -0.678. The third-order valence-corrected chi connectivity index (χ3v) is 5.15. The Hall–Kier alpha value is -2.54. The van der Waals surface area contributed by atoms with Crippen LogP contribution in [0.15, 0.2) is 48.5 Å². The number of aromatic nitrogens is 2. The summed E-state index contributed by atoms with van der Waals surface area (Å²) in [6.45, 7) is 0.736. The lowest BCUT2D eigenvalue weighted by Gasteiger charge is -2.07. The third-order valence-electron chi connectivity index (χ3n) is 5.15. The number of nitrogens with one attached hydrogen (secondary N) is 1. The van der Waals surface area contributed by atoms with E-state index in [1.54, 1.807) is 16.7 Å². The van der Waals surface area contributed by atoms with E-state index in [1.807, 2.05) is 18.2 Å². The van der Waals surface area contributed by atoms with Crippen molar-refractivity contribution >= 4 is 22.6 Å². The van der Waals surface area contributed by atoms with Crippen LogP contribution in [0, 0.1) is 0 Å². The minimum atomic E-state index is -4.42. The van der Waals surface area contributed by atoms with Gasteiger partial charge in [0.05, 0.1) is 12.1 Å². The average molecular weight is 424 g/mol. The first kappa shape index (κ1) is 21.2. The Labute approximate surface area is 172 Å². The van der Waals surface area contributed by atoms with Crippen LogP contribution in [-0.2, 0) is 30.5 Å². The van der Waals surface area contributed by atoms with Gasteiger partial charge in [-0.25, -0.2) is 9.13 Å². The Kier molecular flexibility index (Phi) is 6.17. The molecule has 0 unspecified atom stereocenters. The maximum atomic E-state index is 13.3. The smallest absolute Gasteiger partial charge is 0.416 e. The van der Waals surface area contributed by atoms with Gasteiger partial charge in [0.15, 0.2) is 17.6 Å². The highest BCUT2D eigenvalue weighted by Gasteiger charge is 2.34. The molecule has 1 aliphatic rings. The molecule has 1 amide bonds. The zero-order chi connectivity index (χ0) is 19.7. The predicted molar refractivity (Wildman–Crippen MR) is 99.8 cm³/mol. The molecule has 2 heterocycles. The summed E-state index contributed by atoms with van der Waals surface area (Å²) in [7, 11) is 0. The van der Waals surface area contributed by atoms with Crippen molar-refractivity contribution in [3.05, 3.63) is 59.9 Å². The largest absolute Gasteiger partial charge is 1.00 e. The molecule has 0 radical (unpaired) electrons. The number of hydrogen-bond acceptors (Lipinski definition) is 1. The van der Waals surface area contributed by atoms with Crippen LogP contribution in [0.25, 0.3) is 11.0 Å². The van der Waals surface area contributed by atoms with Crippen molar-refractivity contribution in [2.45, 2.75) is 44.9 Å². The topological polar surface area (TPSA) is 37.9 Å². The summed E-state index contributed by atoms with van der Waals surface area (Å²) in [5.41, 5.74) is 1.17. The van der Waals surface area contributed by atoms with Gasteiger partial charge in [-0.05, 0) is 43.5 Å². The monoisotopic (exact) mass is 423 g/mol. The third kappa shape index (κ3) is 4.40. The molecule has 4 nitrogen and oxygen atoms in total. The van der Waals surface area contributed by atoms with Crippen LogP contribution in [0.1, 0.15) is 30.7 Å². The second-order valence-corrected chi connectivity index (χ2v) is 7.08. The highest BCUT2D eigenvalue weighted by molar-refractivity contribution is 5.91. The van der Waals surface area contributed by atoms with Crippen LogP contribution in [0.2, 0.25) is 0 Å². The van der Waals surface area contributed by atoms with Crippen molar-refractivity contribution < 1.29 is 34.9 Å². The summed E-state index contributed by atoms with van der Waals surface area (Å²) in [6, 6.07) is 12.9. The molecule has 1 N–H and O–H groups in total. The van der Waals surface area contributed by atoms with E-state index in [-0.39, 0.29) is 24.9 Å². The number of halogens is 4. The maximum absolute atomic E-state index is 13.3. The number of imidazole rings is 1. The second kappa shape index (κ2) is 8.45. The first-order chi connectivity index (χ1) is 13.4. The van der Waals surface area contributed by atoms with E-state index >= 15 is 0 Å². The van der Waals surface area contributed by atoms with Gasteiger partial charge in [0.25, 0.3) is 11.7 Å². The van der Waals surface area contributed by atoms with Crippen molar-refractivity contribution in [1.29, 1.82) is 0 Å². The van der Waals surface area contributed by atoms with Crippen molar-refractivity contribution in [2.24, 2.45) is 0 Å². The average Bonchev–Trinajstić information content (AvgIpc) is 2.81. The van der Waals surface area contributed by atoms with E-state index in [9.17, 15) is 18.0 Å². The van der Waals surface area contributed by atoms with Crippen molar-refractivity contribution in [1.82, 2.24) is 4.57 Å². The molecule has 0 fully saturated rings. The molecule has 0 bridgehead atoms. The van der Waals surface area contributed by atoms with Gasteiger partial charge in [-0.1, -0.05) is 18.2 Å². The van der Waals surface area contributed by atoms with Gasteiger partial charge in [0.1, 0.15) is 0 Å². The number of carbonyl (C=O) groups is 1. The molecule has 4 rings (SSSR count). The molecular formula is C21H21ClF3N3O. The van der Waals surface area contributed by atoms with Gasteiger partial charge in [-0.15, -0.1) is 0 Å². The first-order valence-electron chi connectivity index (χ1n) is 9.40. The summed E-state index contributed by atoms with van der Waals surface area (Å²) < 4.78 is 43.6. The standard InChI is InChI=1S/C21H20F3N3O.ClH/c22-21(23,24)15-10-11-17-18(13-15)27(20-9-5-2-6-12-26(17)20)14-19(28)25-16-7-3-1-4-8-16;/h1,3-4,7-8,10-11,13H,2,5-6,9,12,14H2;1H. The van der Waals surface area contributed by atoms with Crippen LogP contribution in [0.4, 0.5) is 18.9 Å². The zero-order valence-electron chi connectivity index (χ0n) is 15.7. The molecule has 1 aromatic heterocycles. The van der Waals surface area contributed by atoms with E-state index in [0.717, 1.165) is 55.7 Å². The number of aryl methyl sites for hydroxylation is 1. The summed E-state index contributed by atoms with van der Waals surface area (Å²) in [6.07, 6.45) is -0.664. The van der Waals surface area contributed by atoms with Gasteiger partial charge in [0.2, 0.25) is 0 Å². The molecule has 3 aromatic rings. The Bertz CT molecular complexity index is 1020. The van der Waals surface area contributed by atoms with Gasteiger partial charge in [0, 0.05) is 18.2 Å². The minimum Gasteiger partial charge on any atom is -1.00 e. The molecule has 8 heteroatoms. The van der Waals surface area contributed by atoms with Gasteiger partial charge < -0.3 is 17.7 Å². The number of amides is 1. The van der Waals surface area contributed by atoms with Crippen LogP contribution < -0.4 is 22.3 Å². The fraction of sp³-hybridized carbons (Fsp3) is 0.333. The number of anilines is 1. The molecule has 0 spiro atoms. The quantitative estimate of drug-likeness (QED) is 0.634. The molecular weight excluding hydrogens is 403 g/mol. The lowest BCUT2D eigenvalue weighted by Crippen LogP contribution is -3.00. The number of para-hydroxylation sites is 1. The van der Waals surface area contributed by atoms with Crippen LogP contribution >= 0.6 is 0 Å². The fourth-order valence-electron chi connectivity index (χ4n) is 3.86. The Morgan fingerprint density at radius 2 is 1.83 bits per heavy atom. The van der Waals surface area contributed by atoms with Crippen molar-refractivity contribution in [2.75, 3.05) is 5.32 Å². The van der Waals surface area contributed by atoms with E-state index in [2.05, 4.69) is 9.88 Å². The van der Waals surface area contributed by atoms with Crippen LogP contribution in [-0.4, -0.2) is 10.5 Å². The number of hydrogen-bond donors (Lipinski definition) is 1. The molecule has 0 saturated heterocycles. The van der Waals surface area contributed by atoms with Gasteiger partial charge in [-0.2, -0.15) is 13.2 Å². The Morgan fingerprint density at radius 3 is 2.55 bits per heavy atom. The second-order valence-electron chi connectivity index (χ2n) is 7.08. The number of fused-ring (bicyclic) bond motifs is 3. The van der Waals surface area contributed by atoms with Crippen LogP contribution in [0.3, 0.4) is 0 Å².